The van der Waals surface area contributed by atoms with Gasteiger partial charge in [-0.15, -0.1) is 10.2 Å². The van der Waals surface area contributed by atoms with Crippen molar-refractivity contribution < 1.29 is 14.3 Å². The molecule has 2 aromatic carbocycles. The Hall–Kier alpha value is -3.13. The van der Waals surface area contributed by atoms with Crippen LogP contribution in [0, 0.1) is 0 Å². The minimum atomic E-state index is -0.694. The first-order chi connectivity index (χ1) is 15.7. The van der Waals surface area contributed by atoms with Crippen LogP contribution in [0.3, 0.4) is 0 Å². The third kappa shape index (κ3) is 4.41. The maximum Gasteiger partial charge on any atom is 0.247 e. The molecule has 1 amide bonds. The summed E-state index contributed by atoms with van der Waals surface area (Å²) in [5, 5.41) is 9.34. The summed E-state index contributed by atoms with van der Waals surface area (Å²) in [5.41, 5.74) is 2.84. The predicted octanol–water partition coefficient (Wildman–Crippen LogP) is 5.27. The highest BCUT2D eigenvalue weighted by Crippen LogP contribution is 2.43. The van der Waals surface area contributed by atoms with Crippen molar-refractivity contribution >= 4 is 23.4 Å². The Kier molecular flexibility index (Phi) is 6.90. The molecule has 1 aliphatic heterocycles. The smallest absolute Gasteiger partial charge is 0.247 e. The molecule has 7 nitrogen and oxygen atoms in total. The second kappa shape index (κ2) is 9.99. The largest absolute Gasteiger partial charge is 0.497 e. The van der Waals surface area contributed by atoms with Gasteiger partial charge in [0.2, 0.25) is 23.2 Å². The molecular weight excluding hydrogens is 424 g/mol. The van der Waals surface area contributed by atoms with E-state index in [0.717, 1.165) is 41.2 Å². The fourth-order valence-electron chi connectivity index (χ4n) is 3.51. The van der Waals surface area contributed by atoms with Crippen LogP contribution in [0.1, 0.15) is 44.9 Å². The van der Waals surface area contributed by atoms with Gasteiger partial charge in [0.1, 0.15) is 5.75 Å². The Morgan fingerprint density at radius 1 is 1.12 bits per heavy atom. The number of aromatic nitrogens is 3. The van der Waals surface area contributed by atoms with Crippen molar-refractivity contribution in [1.29, 1.82) is 0 Å². The lowest BCUT2D eigenvalue weighted by atomic mass is 10.1. The molecule has 32 heavy (non-hydrogen) atoms. The molecule has 1 aliphatic rings. The number of carbonyl (C=O) groups excluding carboxylic acids is 1. The number of rotatable bonds is 7. The molecule has 2 heterocycles. The second-order valence-corrected chi connectivity index (χ2v) is 8.39. The highest BCUT2D eigenvalue weighted by Gasteiger charge is 2.35. The van der Waals surface area contributed by atoms with Gasteiger partial charge in [-0.2, -0.15) is 4.98 Å². The molecule has 0 fully saturated rings. The van der Waals surface area contributed by atoms with Crippen LogP contribution in [0.5, 0.6) is 11.6 Å². The van der Waals surface area contributed by atoms with Crippen molar-refractivity contribution in [3.05, 3.63) is 54.1 Å². The lowest BCUT2D eigenvalue weighted by molar-refractivity contribution is -0.120. The number of unbranched alkanes of at least 4 members (excludes halogenated alkanes) is 1. The van der Waals surface area contributed by atoms with Gasteiger partial charge in [-0.3, -0.25) is 9.69 Å². The number of hydrogen-bond donors (Lipinski definition) is 0. The van der Waals surface area contributed by atoms with Gasteiger partial charge in [-0.1, -0.05) is 50.2 Å². The van der Waals surface area contributed by atoms with E-state index in [-0.39, 0.29) is 5.91 Å². The van der Waals surface area contributed by atoms with E-state index in [4.69, 9.17) is 9.47 Å². The minimum Gasteiger partial charge on any atom is -0.497 e. The van der Waals surface area contributed by atoms with E-state index in [1.165, 1.54) is 0 Å². The molecule has 1 unspecified atom stereocenters. The zero-order chi connectivity index (χ0) is 22.5. The molecule has 0 spiro atoms. The van der Waals surface area contributed by atoms with Gasteiger partial charge in [0, 0.05) is 23.3 Å². The van der Waals surface area contributed by atoms with Crippen LogP contribution in [-0.2, 0) is 4.79 Å². The summed E-state index contributed by atoms with van der Waals surface area (Å²) >= 11 is 1.56. The summed E-state index contributed by atoms with van der Waals surface area (Å²) < 4.78 is 11.7. The Morgan fingerprint density at radius 2 is 1.91 bits per heavy atom. The van der Waals surface area contributed by atoms with Crippen LogP contribution < -0.4 is 14.4 Å². The lowest BCUT2D eigenvalue weighted by Gasteiger charge is -2.30. The summed E-state index contributed by atoms with van der Waals surface area (Å²) in [4.78, 5) is 19.5. The van der Waals surface area contributed by atoms with E-state index >= 15 is 0 Å². The molecule has 0 radical (unpaired) electrons. The molecule has 0 aliphatic carbocycles. The van der Waals surface area contributed by atoms with Crippen molar-refractivity contribution in [1.82, 2.24) is 15.2 Å². The maximum atomic E-state index is 13.1. The molecule has 0 N–H and O–H groups in total. The maximum absolute atomic E-state index is 13.1. The molecule has 1 atom stereocenters. The molecule has 0 bridgehead atoms. The van der Waals surface area contributed by atoms with E-state index in [1.807, 2.05) is 55.5 Å². The van der Waals surface area contributed by atoms with Gasteiger partial charge in [-0.25, -0.2) is 0 Å². The zero-order valence-electron chi connectivity index (χ0n) is 18.4. The number of benzene rings is 2. The first-order valence-corrected chi connectivity index (χ1v) is 11.7. The summed E-state index contributed by atoms with van der Waals surface area (Å²) in [6, 6.07) is 15.2. The molecule has 1 aromatic heterocycles. The second-order valence-electron chi connectivity index (χ2n) is 7.33. The lowest BCUT2D eigenvalue weighted by Crippen LogP contribution is -2.37. The summed E-state index contributed by atoms with van der Waals surface area (Å²) in [5.74, 6) is 1.96. The topological polar surface area (TPSA) is 77.4 Å². The van der Waals surface area contributed by atoms with Crippen LogP contribution in [-0.4, -0.2) is 34.0 Å². The number of anilines is 1. The number of para-hydroxylation sites is 1. The van der Waals surface area contributed by atoms with Crippen LogP contribution in [0.4, 0.5) is 5.69 Å². The highest BCUT2D eigenvalue weighted by atomic mass is 32.2. The van der Waals surface area contributed by atoms with Crippen molar-refractivity contribution in [2.24, 2.45) is 0 Å². The SMILES string of the molecule is CCCCSc1nnc2c(n1)OC(c1ccc(OC)cc1)N(C(=O)CC)c1ccccc1-2. The normalized spacial score (nSPS) is 14.7. The van der Waals surface area contributed by atoms with Crippen molar-refractivity contribution in [3.63, 3.8) is 0 Å². The van der Waals surface area contributed by atoms with Crippen LogP contribution in [0.2, 0.25) is 0 Å². The first-order valence-electron chi connectivity index (χ1n) is 10.8. The number of fused-ring (bicyclic) bond motifs is 3. The Balaban J connectivity index is 1.84. The van der Waals surface area contributed by atoms with E-state index in [9.17, 15) is 4.79 Å². The third-order valence-electron chi connectivity index (χ3n) is 5.21. The number of hydrogen-bond acceptors (Lipinski definition) is 7. The first kappa shape index (κ1) is 22.1. The Bertz CT molecular complexity index is 1090. The number of thioether (sulfide) groups is 1. The van der Waals surface area contributed by atoms with E-state index in [1.54, 1.807) is 23.8 Å². The summed E-state index contributed by atoms with van der Waals surface area (Å²) in [6.45, 7) is 3.99. The highest BCUT2D eigenvalue weighted by molar-refractivity contribution is 7.99. The minimum absolute atomic E-state index is 0.0587. The molecule has 8 heteroatoms. The van der Waals surface area contributed by atoms with Crippen molar-refractivity contribution in [2.75, 3.05) is 17.8 Å². The molecule has 4 rings (SSSR count). The number of carbonyl (C=O) groups is 1. The van der Waals surface area contributed by atoms with Gasteiger partial charge in [0.15, 0.2) is 5.69 Å². The Labute approximate surface area is 192 Å². The van der Waals surface area contributed by atoms with Crippen LogP contribution in [0.25, 0.3) is 11.3 Å². The quantitative estimate of drug-likeness (QED) is 0.358. The summed E-state index contributed by atoms with van der Waals surface area (Å²) in [6.07, 6.45) is 1.81. The van der Waals surface area contributed by atoms with Gasteiger partial charge in [-0.05, 0) is 36.8 Å². The predicted molar refractivity (Wildman–Crippen MR) is 125 cm³/mol. The molecule has 166 valence electrons. The number of ether oxygens (including phenoxy) is 2. The molecular formula is C24H26N4O3S. The number of methoxy groups -OCH3 is 1. The van der Waals surface area contributed by atoms with E-state index in [0.29, 0.717) is 23.2 Å². The van der Waals surface area contributed by atoms with Crippen molar-refractivity contribution in [2.45, 2.75) is 44.5 Å². The monoisotopic (exact) mass is 450 g/mol. The number of amides is 1. The van der Waals surface area contributed by atoms with Crippen LogP contribution >= 0.6 is 11.8 Å². The van der Waals surface area contributed by atoms with Crippen molar-refractivity contribution in [3.8, 4) is 22.9 Å². The molecule has 0 saturated carbocycles. The zero-order valence-corrected chi connectivity index (χ0v) is 19.3. The van der Waals surface area contributed by atoms with E-state index in [2.05, 4.69) is 22.1 Å². The Morgan fingerprint density at radius 3 is 2.62 bits per heavy atom. The average molecular weight is 451 g/mol. The molecule has 0 saturated heterocycles. The molecule has 3 aromatic rings. The fourth-order valence-corrected chi connectivity index (χ4v) is 4.37. The van der Waals surface area contributed by atoms with Gasteiger partial charge < -0.3 is 9.47 Å². The standard InChI is InChI=1S/C24H26N4O3S/c1-4-6-15-32-24-25-22-21(26-27-24)18-9-7-8-10-19(18)28(20(29)5-2)23(31-22)16-11-13-17(30-3)14-12-16/h7-14,23H,4-6,15H2,1-3H3. The number of nitrogens with zero attached hydrogens (tertiary/aromatic N) is 4. The fraction of sp³-hybridized carbons (Fsp3) is 0.333. The van der Waals surface area contributed by atoms with Gasteiger partial charge in [0.25, 0.3) is 0 Å². The van der Waals surface area contributed by atoms with E-state index < -0.39 is 6.23 Å². The summed E-state index contributed by atoms with van der Waals surface area (Å²) in [7, 11) is 1.62. The van der Waals surface area contributed by atoms with Gasteiger partial charge in [0.05, 0.1) is 12.8 Å². The van der Waals surface area contributed by atoms with Gasteiger partial charge >= 0.3 is 0 Å². The van der Waals surface area contributed by atoms with Crippen LogP contribution in [0.15, 0.2) is 53.7 Å². The average Bonchev–Trinajstić information content (AvgIpc) is 2.98. The third-order valence-corrected chi connectivity index (χ3v) is 6.14.